The van der Waals surface area contributed by atoms with Gasteiger partial charge < -0.3 is 15.0 Å². The van der Waals surface area contributed by atoms with Gasteiger partial charge >= 0.3 is 0 Å². The van der Waals surface area contributed by atoms with Gasteiger partial charge in [-0.05, 0) is 19.9 Å². The third kappa shape index (κ3) is 1.55. The van der Waals surface area contributed by atoms with Gasteiger partial charge in [-0.15, -0.1) is 0 Å². The summed E-state index contributed by atoms with van der Waals surface area (Å²) >= 11 is 0. The molecule has 2 N–H and O–H groups in total. The summed E-state index contributed by atoms with van der Waals surface area (Å²) < 4.78 is 1.87. The van der Waals surface area contributed by atoms with E-state index in [1.165, 1.54) is 0 Å². The maximum atomic E-state index is 10.4. The van der Waals surface area contributed by atoms with Gasteiger partial charge in [-0.1, -0.05) is 0 Å². The van der Waals surface area contributed by atoms with Gasteiger partial charge in [0.05, 0.1) is 12.0 Å². The molecule has 0 amide bonds. The molecule has 2 unspecified atom stereocenters. The average Bonchev–Trinajstić information content (AvgIpc) is 2.72. The lowest BCUT2D eigenvalue weighted by atomic mass is 9.86. The van der Waals surface area contributed by atoms with Crippen LogP contribution in [-0.4, -0.2) is 27.7 Å². The molecule has 0 saturated carbocycles. The Hall–Kier alpha value is -0.870. The molecule has 0 aliphatic carbocycles. The second-order valence-electron chi connectivity index (χ2n) is 4.26. The van der Waals surface area contributed by atoms with Crippen molar-refractivity contribution in [2.24, 2.45) is 13.0 Å². The Morgan fingerprint density at radius 1 is 1.71 bits per heavy atom. The van der Waals surface area contributed by atoms with Crippen molar-refractivity contribution in [1.29, 1.82) is 0 Å². The summed E-state index contributed by atoms with van der Waals surface area (Å²) in [6, 6.07) is 0. The summed E-state index contributed by atoms with van der Waals surface area (Å²) in [6.45, 7) is 3.73. The van der Waals surface area contributed by atoms with Crippen LogP contribution in [0.3, 0.4) is 0 Å². The predicted octanol–water partition coefficient (Wildman–Crippen LogP) is 0.237. The van der Waals surface area contributed by atoms with Gasteiger partial charge in [0.15, 0.2) is 0 Å². The highest BCUT2D eigenvalue weighted by molar-refractivity contribution is 5.10. The maximum Gasteiger partial charge on any atom is 0.109 e. The number of hydrogen-bond acceptors (Lipinski definition) is 3. The van der Waals surface area contributed by atoms with Crippen LogP contribution in [0.15, 0.2) is 12.5 Å². The number of hydrogen-bond donors (Lipinski definition) is 2. The summed E-state index contributed by atoms with van der Waals surface area (Å²) in [5.74, 6) is 0.275. The summed E-state index contributed by atoms with van der Waals surface area (Å²) in [5, 5.41) is 13.6. The highest BCUT2D eigenvalue weighted by Crippen LogP contribution is 2.31. The van der Waals surface area contributed by atoms with E-state index in [9.17, 15) is 5.11 Å². The van der Waals surface area contributed by atoms with Crippen molar-refractivity contribution in [3.8, 4) is 0 Å². The van der Waals surface area contributed by atoms with Crippen molar-refractivity contribution >= 4 is 0 Å². The van der Waals surface area contributed by atoms with Crippen LogP contribution in [-0.2, 0) is 12.6 Å². The van der Waals surface area contributed by atoms with E-state index in [1.54, 1.807) is 6.33 Å². The second-order valence-corrected chi connectivity index (χ2v) is 4.26. The summed E-state index contributed by atoms with van der Waals surface area (Å²) in [7, 11) is 1.92. The van der Waals surface area contributed by atoms with Crippen LogP contribution in [0.5, 0.6) is 0 Å². The monoisotopic (exact) mass is 195 g/mol. The third-order valence-electron chi connectivity index (χ3n) is 3.08. The Morgan fingerprint density at radius 2 is 2.50 bits per heavy atom. The number of imidazole rings is 1. The van der Waals surface area contributed by atoms with E-state index in [-0.39, 0.29) is 5.92 Å². The minimum atomic E-state index is -0.801. The molecule has 1 aliphatic rings. The fourth-order valence-electron chi connectivity index (χ4n) is 2.02. The van der Waals surface area contributed by atoms with Crippen molar-refractivity contribution in [3.05, 3.63) is 18.2 Å². The van der Waals surface area contributed by atoms with Crippen LogP contribution in [0.25, 0.3) is 0 Å². The van der Waals surface area contributed by atoms with Crippen molar-refractivity contribution in [3.63, 3.8) is 0 Å². The van der Waals surface area contributed by atoms with Crippen LogP contribution in [0.1, 0.15) is 19.0 Å². The maximum absolute atomic E-state index is 10.4. The van der Waals surface area contributed by atoms with Crippen molar-refractivity contribution in [2.45, 2.75) is 18.9 Å². The number of aryl methyl sites for hydroxylation is 1. The van der Waals surface area contributed by atoms with E-state index in [4.69, 9.17) is 0 Å². The number of aliphatic hydroxyl groups is 1. The quantitative estimate of drug-likeness (QED) is 0.710. The summed E-state index contributed by atoms with van der Waals surface area (Å²) in [6.07, 6.45) is 4.63. The molecule has 2 heterocycles. The highest BCUT2D eigenvalue weighted by Gasteiger charge is 2.37. The lowest BCUT2D eigenvalue weighted by molar-refractivity contribution is -0.00163. The lowest BCUT2D eigenvalue weighted by Gasteiger charge is -2.27. The van der Waals surface area contributed by atoms with Crippen LogP contribution in [0.2, 0.25) is 0 Å². The van der Waals surface area contributed by atoms with Crippen molar-refractivity contribution in [1.82, 2.24) is 14.9 Å². The zero-order valence-electron chi connectivity index (χ0n) is 8.70. The van der Waals surface area contributed by atoms with Crippen LogP contribution >= 0.6 is 0 Å². The Bertz CT molecular complexity index is 313. The number of aromatic nitrogens is 2. The molecule has 0 aromatic carbocycles. The third-order valence-corrected chi connectivity index (χ3v) is 3.08. The lowest BCUT2D eigenvalue weighted by Crippen LogP contribution is -2.33. The first-order chi connectivity index (χ1) is 6.60. The van der Waals surface area contributed by atoms with E-state index in [1.807, 2.05) is 24.7 Å². The highest BCUT2D eigenvalue weighted by atomic mass is 16.3. The zero-order chi connectivity index (χ0) is 10.2. The van der Waals surface area contributed by atoms with Gasteiger partial charge in [0.2, 0.25) is 0 Å². The van der Waals surface area contributed by atoms with Crippen LogP contribution < -0.4 is 5.32 Å². The number of nitrogens with one attached hydrogen (secondary N) is 1. The van der Waals surface area contributed by atoms with Gasteiger partial charge in [0.1, 0.15) is 5.60 Å². The second kappa shape index (κ2) is 3.37. The molecule has 4 heteroatoms. The Labute approximate surface area is 84.0 Å². The molecular formula is C10H17N3O. The Kier molecular flexibility index (Phi) is 2.33. The van der Waals surface area contributed by atoms with Crippen molar-refractivity contribution < 1.29 is 5.11 Å². The minimum Gasteiger partial charge on any atom is -0.383 e. The molecule has 1 saturated heterocycles. The van der Waals surface area contributed by atoms with E-state index in [2.05, 4.69) is 10.3 Å². The molecule has 1 aromatic rings. The van der Waals surface area contributed by atoms with E-state index < -0.39 is 5.60 Å². The number of rotatable bonds is 2. The predicted molar refractivity (Wildman–Crippen MR) is 53.8 cm³/mol. The first kappa shape index (κ1) is 9.68. The zero-order valence-corrected chi connectivity index (χ0v) is 8.70. The molecule has 0 bridgehead atoms. The topological polar surface area (TPSA) is 50.1 Å². The molecule has 4 nitrogen and oxygen atoms in total. The largest absolute Gasteiger partial charge is 0.383 e. The first-order valence-electron chi connectivity index (χ1n) is 5.02. The molecule has 78 valence electrons. The molecule has 2 atom stereocenters. The van der Waals surface area contributed by atoms with Gasteiger partial charge in [0, 0.05) is 25.7 Å². The van der Waals surface area contributed by atoms with Crippen molar-refractivity contribution in [2.75, 3.05) is 13.1 Å². The minimum absolute atomic E-state index is 0.275. The molecular weight excluding hydrogens is 178 g/mol. The van der Waals surface area contributed by atoms with Gasteiger partial charge in [-0.2, -0.15) is 0 Å². The normalized spacial score (nSPS) is 26.4. The molecule has 1 fully saturated rings. The molecule has 0 spiro atoms. The van der Waals surface area contributed by atoms with Crippen LogP contribution in [0, 0.1) is 5.92 Å². The fourth-order valence-corrected chi connectivity index (χ4v) is 2.02. The van der Waals surface area contributed by atoms with Crippen LogP contribution in [0.4, 0.5) is 0 Å². The molecule has 0 radical (unpaired) electrons. The Balaban J connectivity index is 2.22. The molecule has 1 aromatic heterocycles. The van der Waals surface area contributed by atoms with E-state index in [0.29, 0.717) is 0 Å². The first-order valence-corrected chi connectivity index (χ1v) is 5.02. The average molecular weight is 195 g/mol. The Morgan fingerprint density at radius 3 is 3.00 bits per heavy atom. The summed E-state index contributed by atoms with van der Waals surface area (Å²) in [5.41, 5.74) is -0.0289. The smallest absolute Gasteiger partial charge is 0.109 e. The molecule has 1 aliphatic heterocycles. The summed E-state index contributed by atoms with van der Waals surface area (Å²) in [4.78, 5) is 4.22. The van der Waals surface area contributed by atoms with Gasteiger partial charge in [-0.3, -0.25) is 0 Å². The molecule has 2 rings (SSSR count). The molecule has 14 heavy (non-hydrogen) atoms. The van der Waals surface area contributed by atoms with E-state index >= 15 is 0 Å². The van der Waals surface area contributed by atoms with Gasteiger partial charge in [0.25, 0.3) is 0 Å². The van der Waals surface area contributed by atoms with Gasteiger partial charge in [-0.25, -0.2) is 4.98 Å². The SMILES string of the molecule is Cn1cnc(C(C)(O)C2CCNC2)c1. The number of nitrogens with zero attached hydrogens (tertiary/aromatic N) is 2. The van der Waals surface area contributed by atoms with E-state index in [0.717, 1.165) is 25.2 Å². The fraction of sp³-hybridized carbons (Fsp3) is 0.700. The standard InChI is InChI=1S/C10H17N3O/c1-10(14,8-3-4-11-5-8)9-6-13(2)7-12-9/h6-8,11,14H,3-5H2,1-2H3.